The summed E-state index contributed by atoms with van der Waals surface area (Å²) in [6.45, 7) is 8.32. The quantitative estimate of drug-likeness (QED) is 0.879. The highest BCUT2D eigenvalue weighted by Gasteiger charge is 2.20. The minimum atomic E-state index is 0.532. The van der Waals surface area contributed by atoms with Gasteiger partial charge in [-0.05, 0) is 62.8 Å². The van der Waals surface area contributed by atoms with Crippen molar-refractivity contribution in [2.75, 3.05) is 26.7 Å². The van der Waals surface area contributed by atoms with Crippen molar-refractivity contribution in [3.05, 3.63) is 22.4 Å². The normalized spacial score (nSPS) is 20.4. The Hall–Kier alpha value is -0.380. The Balaban J connectivity index is 1.83. The molecular formula is C15H26N2S. The first-order valence-corrected chi connectivity index (χ1v) is 8.00. The van der Waals surface area contributed by atoms with Crippen LogP contribution in [0.25, 0.3) is 0 Å². The molecule has 2 nitrogen and oxygen atoms in total. The fraction of sp³-hybridized carbons (Fsp3) is 0.733. The van der Waals surface area contributed by atoms with E-state index in [1.807, 2.05) is 11.3 Å². The lowest BCUT2D eigenvalue weighted by Gasteiger charge is -2.31. The molecule has 1 unspecified atom stereocenters. The Morgan fingerprint density at radius 1 is 1.39 bits per heavy atom. The molecule has 1 fully saturated rings. The van der Waals surface area contributed by atoms with E-state index in [0.29, 0.717) is 12.0 Å². The first kappa shape index (κ1) is 14.0. The SMILES string of the molecule is CC(C)C(NCC1CCN(C)CC1)c1cccs1. The third kappa shape index (κ3) is 3.81. The van der Waals surface area contributed by atoms with Crippen LogP contribution in [0, 0.1) is 11.8 Å². The lowest BCUT2D eigenvalue weighted by molar-refractivity contribution is 0.209. The first-order chi connectivity index (χ1) is 8.66. The highest BCUT2D eigenvalue weighted by atomic mass is 32.1. The van der Waals surface area contributed by atoms with Gasteiger partial charge in [-0.3, -0.25) is 0 Å². The molecule has 0 amide bonds. The molecule has 0 spiro atoms. The summed E-state index contributed by atoms with van der Waals surface area (Å²) in [5, 5.41) is 5.98. The number of hydrogen-bond acceptors (Lipinski definition) is 3. The summed E-state index contributed by atoms with van der Waals surface area (Å²) in [5.41, 5.74) is 0. The molecule has 0 saturated carbocycles. The van der Waals surface area contributed by atoms with Crippen molar-refractivity contribution in [2.24, 2.45) is 11.8 Å². The molecule has 1 N–H and O–H groups in total. The van der Waals surface area contributed by atoms with Gasteiger partial charge in [0.05, 0.1) is 0 Å². The van der Waals surface area contributed by atoms with E-state index in [0.717, 1.165) is 5.92 Å². The van der Waals surface area contributed by atoms with Gasteiger partial charge >= 0.3 is 0 Å². The molecule has 0 radical (unpaired) electrons. The third-order valence-electron chi connectivity index (χ3n) is 3.98. The number of rotatable bonds is 5. The maximum atomic E-state index is 3.80. The van der Waals surface area contributed by atoms with Crippen molar-refractivity contribution >= 4 is 11.3 Å². The van der Waals surface area contributed by atoms with Gasteiger partial charge in [-0.25, -0.2) is 0 Å². The lowest BCUT2D eigenvalue weighted by atomic mass is 9.95. The smallest absolute Gasteiger partial charge is 0.0438 e. The lowest BCUT2D eigenvalue weighted by Crippen LogP contribution is -2.37. The molecule has 1 aliphatic rings. The van der Waals surface area contributed by atoms with E-state index < -0.39 is 0 Å². The minimum Gasteiger partial charge on any atom is -0.309 e. The van der Waals surface area contributed by atoms with Crippen LogP contribution in [0.2, 0.25) is 0 Å². The summed E-state index contributed by atoms with van der Waals surface area (Å²) in [6, 6.07) is 4.95. The molecule has 1 atom stereocenters. The zero-order valence-corrected chi connectivity index (χ0v) is 12.7. The van der Waals surface area contributed by atoms with Crippen molar-refractivity contribution in [3.8, 4) is 0 Å². The maximum absolute atomic E-state index is 3.80. The van der Waals surface area contributed by atoms with Gasteiger partial charge in [0, 0.05) is 10.9 Å². The van der Waals surface area contributed by atoms with Crippen LogP contribution in [0.5, 0.6) is 0 Å². The average Bonchev–Trinajstić information content (AvgIpc) is 2.85. The summed E-state index contributed by atoms with van der Waals surface area (Å²) >= 11 is 1.88. The van der Waals surface area contributed by atoms with E-state index in [1.165, 1.54) is 37.4 Å². The monoisotopic (exact) mass is 266 g/mol. The van der Waals surface area contributed by atoms with E-state index >= 15 is 0 Å². The fourth-order valence-electron chi connectivity index (χ4n) is 2.69. The second-order valence-electron chi connectivity index (χ2n) is 5.89. The van der Waals surface area contributed by atoms with Crippen LogP contribution < -0.4 is 5.32 Å². The Morgan fingerprint density at radius 2 is 2.11 bits per heavy atom. The number of nitrogens with one attached hydrogen (secondary N) is 1. The largest absolute Gasteiger partial charge is 0.309 e. The zero-order chi connectivity index (χ0) is 13.0. The number of likely N-dealkylation sites (tertiary alicyclic amines) is 1. The third-order valence-corrected chi connectivity index (χ3v) is 4.94. The van der Waals surface area contributed by atoms with Crippen LogP contribution >= 0.6 is 11.3 Å². The highest BCUT2D eigenvalue weighted by molar-refractivity contribution is 7.10. The van der Waals surface area contributed by atoms with Gasteiger partial charge in [0.1, 0.15) is 0 Å². The van der Waals surface area contributed by atoms with Crippen molar-refractivity contribution in [2.45, 2.75) is 32.7 Å². The van der Waals surface area contributed by atoms with E-state index in [-0.39, 0.29) is 0 Å². The fourth-order valence-corrected chi connectivity index (χ4v) is 3.67. The summed E-state index contributed by atoms with van der Waals surface area (Å²) in [4.78, 5) is 3.92. The summed E-state index contributed by atoms with van der Waals surface area (Å²) in [6.07, 6.45) is 2.69. The van der Waals surface area contributed by atoms with Crippen molar-refractivity contribution in [3.63, 3.8) is 0 Å². The zero-order valence-electron chi connectivity index (χ0n) is 11.9. The minimum absolute atomic E-state index is 0.532. The van der Waals surface area contributed by atoms with Crippen LogP contribution in [0.15, 0.2) is 17.5 Å². The molecule has 3 heteroatoms. The number of hydrogen-bond donors (Lipinski definition) is 1. The van der Waals surface area contributed by atoms with Crippen molar-refractivity contribution < 1.29 is 0 Å². The van der Waals surface area contributed by atoms with Gasteiger partial charge in [-0.2, -0.15) is 0 Å². The van der Waals surface area contributed by atoms with Gasteiger partial charge in [0.25, 0.3) is 0 Å². The van der Waals surface area contributed by atoms with Crippen LogP contribution in [0.1, 0.15) is 37.6 Å². The van der Waals surface area contributed by atoms with Crippen molar-refractivity contribution in [1.29, 1.82) is 0 Å². The summed E-state index contributed by atoms with van der Waals surface area (Å²) < 4.78 is 0. The van der Waals surface area contributed by atoms with Gasteiger partial charge in [-0.15, -0.1) is 11.3 Å². The van der Waals surface area contributed by atoms with Crippen LogP contribution in [0.3, 0.4) is 0 Å². The molecule has 2 heterocycles. The molecular weight excluding hydrogens is 240 g/mol. The Labute approximate surface area is 115 Å². The Bertz CT molecular complexity index is 326. The van der Waals surface area contributed by atoms with Crippen LogP contribution in [0.4, 0.5) is 0 Å². The average molecular weight is 266 g/mol. The van der Waals surface area contributed by atoms with E-state index in [2.05, 4.69) is 48.6 Å². The predicted molar refractivity (Wildman–Crippen MR) is 80.1 cm³/mol. The molecule has 18 heavy (non-hydrogen) atoms. The second kappa shape index (κ2) is 6.69. The molecule has 1 aromatic heterocycles. The topological polar surface area (TPSA) is 15.3 Å². The maximum Gasteiger partial charge on any atom is 0.0438 e. The summed E-state index contributed by atoms with van der Waals surface area (Å²) in [5.74, 6) is 1.53. The number of thiophene rings is 1. The van der Waals surface area contributed by atoms with Crippen LogP contribution in [-0.4, -0.2) is 31.6 Å². The molecule has 2 rings (SSSR count). The number of piperidine rings is 1. The van der Waals surface area contributed by atoms with Gasteiger partial charge < -0.3 is 10.2 Å². The standard InChI is InChI=1S/C15H26N2S/c1-12(2)15(14-5-4-10-18-14)16-11-13-6-8-17(3)9-7-13/h4-5,10,12-13,15-16H,6-9,11H2,1-3H3. The molecule has 0 aliphatic carbocycles. The van der Waals surface area contributed by atoms with E-state index in [1.54, 1.807) is 0 Å². The molecule has 1 aliphatic heterocycles. The van der Waals surface area contributed by atoms with Crippen molar-refractivity contribution in [1.82, 2.24) is 10.2 Å². The van der Waals surface area contributed by atoms with E-state index in [9.17, 15) is 0 Å². The molecule has 0 bridgehead atoms. The molecule has 1 aromatic rings. The second-order valence-corrected chi connectivity index (χ2v) is 6.87. The van der Waals surface area contributed by atoms with Crippen LogP contribution in [-0.2, 0) is 0 Å². The Kier molecular flexibility index (Phi) is 5.22. The molecule has 0 aromatic carbocycles. The first-order valence-electron chi connectivity index (χ1n) is 7.12. The molecule has 102 valence electrons. The number of nitrogens with zero attached hydrogens (tertiary/aromatic N) is 1. The Morgan fingerprint density at radius 3 is 2.67 bits per heavy atom. The highest BCUT2D eigenvalue weighted by Crippen LogP contribution is 2.26. The molecule has 1 saturated heterocycles. The van der Waals surface area contributed by atoms with E-state index in [4.69, 9.17) is 0 Å². The van der Waals surface area contributed by atoms with Gasteiger partial charge in [-0.1, -0.05) is 19.9 Å². The predicted octanol–water partition coefficient (Wildman–Crippen LogP) is 3.38. The van der Waals surface area contributed by atoms with Gasteiger partial charge in [0.15, 0.2) is 0 Å². The van der Waals surface area contributed by atoms with Gasteiger partial charge in [0.2, 0.25) is 0 Å². The summed E-state index contributed by atoms with van der Waals surface area (Å²) in [7, 11) is 2.23.